The second kappa shape index (κ2) is 8.82. The van der Waals surface area contributed by atoms with Crippen LogP contribution in [0.3, 0.4) is 0 Å². The van der Waals surface area contributed by atoms with E-state index in [-0.39, 0.29) is 24.0 Å². The van der Waals surface area contributed by atoms with Gasteiger partial charge in [0, 0.05) is 18.3 Å². The van der Waals surface area contributed by atoms with Crippen molar-refractivity contribution in [2.24, 2.45) is 4.99 Å². The highest BCUT2D eigenvalue weighted by molar-refractivity contribution is 14.0. The maximum absolute atomic E-state index is 5.21. The van der Waals surface area contributed by atoms with Crippen LogP contribution in [0.1, 0.15) is 5.56 Å². The van der Waals surface area contributed by atoms with Gasteiger partial charge < -0.3 is 10.6 Å². The number of aliphatic imine (C=N–C) groups is 1. The van der Waals surface area contributed by atoms with E-state index in [4.69, 9.17) is 6.42 Å². The molecule has 0 bridgehead atoms. The smallest absolute Gasteiger partial charge is 0.191 e. The van der Waals surface area contributed by atoms with Gasteiger partial charge >= 0.3 is 0 Å². The lowest BCUT2D eigenvalue weighted by Gasteiger charge is -2.09. The van der Waals surface area contributed by atoms with Crippen molar-refractivity contribution in [3.8, 4) is 12.3 Å². The van der Waals surface area contributed by atoms with Gasteiger partial charge in [0.1, 0.15) is 0 Å². The minimum Gasteiger partial charge on any atom is -0.356 e. The van der Waals surface area contributed by atoms with Crippen LogP contribution in [0.4, 0.5) is 0 Å². The summed E-state index contributed by atoms with van der Waals surface area (Å²) in [5.74, 6) is 3.28. The van der Waals surface area contributed by atoms with E-state index in [2.05, 4.69) is 51.2 Å². The van der Waals surface area contributed by atoms with Gasteiger partial charge in [-0.05, 0) is 28.8 Å². The van der Waals surface area contributed by atoms with E-state index in [9.17, 15) is 0 Å². The molecule has 0 aliphatic carbocycles. The number of hydrogen-bond acceptors (Lipinski definition) is 2. The minimum atomic E-state index is 0. The Morgan fingerprint density at radius 1 is 1.35 bits per heavy atom. The van der Waals surface area contributed by atoms with Gasteiger partial charge in [-0.25, -0.2) is 0 Å². The fraction of sp³-hybridized carbons (Fsp3) is 0.267. The summed E-state index contributed by atoms with van der Waals surface area (Å²) in [6, 6.07) is 8.49. The largest absolute Gasteiger partial charge is 0.356 e. The standard InChI is InChI=1S/C15H17N3S.HI/c1-3-9-17-15(16-2)18-10-8-12-11-19-14-7-5-4-6-13(12)14;/h1,4-7,11H,8-10H2,2H3,(H2,16,17,18);1H. The minimum absolute atomic E-state index is 0. The molecule has 1 aromatic carbocycles. The lowest BCUT2D eigenvalue weighted by atomic mass is 10.1. The van der Waals surface area contributed by atoms with E-state index in [1.807, 2.05) is 0 Å². The van der Waals surface area contributed by atoms with E-state index in [1.165, 1.54) is 15.6 Å². The van der Waals surface area contributed by atoms with Gasteiger partial charge in [-0.15, -0.1) is 41.7 Å². The molecule has 0 atom stereocenters. The fourth-order valence-electron chi connectivity index (χ4n) is 1.90. The Kier molecular flexibility index (Phi) is 7.41. The quantitative estimate of drug-likeness (QED) is 0.359. The van der Waals surface area contributed by atoms with Crippen molar-refractivity contribution < 1.29 is 0 Å². The SMILES string of the molecule is C#CCNC(=NC)NCCc1csc2ccccc12.I. The van der Waals surface area contributed by atoms with Gasteiger partial charge in [0.25, 0.3) is 0 Å². The van der Waals surface area contributed by atoms with Crippen LogP contribution in [0.15, 0.2) is 34.6 Å². The molecule has 0 spiro atoms. The van der Waals surface area contributed by atoms with Gasteiger partial charge in [-0.2, -0.15) is 0 Å². The molecule has 0 radical (unpaired) electrons. The summed E-state index contributed by atoms with van der Waals surface area (Å²) in [4.78, 5) is 4.11. The summed E-state index contributed by atoms with van der Waals surface area (Å²) in [5, 5.41) is 9.87. The third-order valence-electron chi connectivity index (χ3n) is 2.83. The van der Waals surface area contributed by atoms with E-state index in [1.54, 1.807) is 18.4 Å². The third-order valence-corrected chi connectivity index (χ3v) is 3.84. The predicted molar refractivity (Wildman–Crippen MR) is 99.1 cm³/mol. The first-order valence-corrected chi connectivity index (χ1v) is 7.06. The molecular weight excluding hydrogens is 381 g/mol. The molecule has 20 heavy (non-hydrogen) atoms. The molecule has 0 saturated heterocycles. The van der Waals surface area contributed by atoms with E-state index in [0.29, 0.717) is 6.54 Å². The molecule has 0 aliphatic heterocycles. The number of benzene rings is 1. The molecule has 1 heterocycles. The van der Waals surface area contributed by atoms with Crippen LogP contribution in [0.2, 0.25) is 0 Å². The van der Waals surface area contributed by atoms with Crippen molar-refractivity contribution in [1.82, 2.24) is 10.6 Å². The number of hydrogen-bond donors (Lipinski definition) is 2. The summed E-state index contributed by atoms with van der Waals surface area (Å²) < 4.78 is 1.34. The van der Waals surface area contributed by atoms with Crippen molar-refractivity contribution in [2.45, 2.75) is 6.42 Å². The summed E-state index contributed by atoms with van der Waals surface area (Å²) in [5.41, 5.74) is 1.38. The Morgan fingerprint density at radius 3 is 2.90 bits per heavy atom. The molecule has 0 saturated carbocycles. The zero-order valence-corrected chi connectivity index (χ0v) is 14.5. The van der Waals surface area contributed by atoms with E-state index in [0.717, 1.165) is 18.9 Å². The summed E-state index contributed by atoms with van der Waals surface area (Å²) in [6.07, 6.45) is 6.18. The first-order valence-electron chi connectivity index (χ1n) is 6.18. The molecule has 2 N–H and O–H groups in total. The summed E-state index contributed by atoms with van der Waals surface area (Å²) in [7, 11) is 1.74. The number of nitrogens with zero attached hydrogens (tertiary/aromatic N) is 1. The maximum atomic E-state index is 5.21. The van der Waals surface area contributed by atoms with Crippen LogP contribution >= 0.6 is 35.3 Å². The number of rotatable bonds is 4. The molecule has 0 fully saturated rings. The molecular formula is C15H18IN3S. The Labute approximate surface area is 140 Å². The Balaban J connectivity index is 0.00000200. The predicted octanol–water partition coefficient (Wildman–Crippen LogP) is 2.86. The summed E-state index contributed by atoms with van der Waals surface area (Å²) in [6.45, 7) is 1.33. The van der Waals surface area contributed by atoms with Crippen molar-refractivity contribution in [3.05, 3.63) is 35.2 Å². The van der Waals surface area contributed by atoms with Gasteiger partial charge in [0.2, 0.25) is 0 Å². The lowest BCUT2D eigenvalue weighted by molar-refractivity contribution is 0.829. The molecule has 2 aromatic rings. The highest BCUT2D eigenvalue weighted by Gasteiger charge is 2.03. The van der Waals surface area contributed by atoms with Crippen LogP contribution in [-0.4, -0.2) is 26.1 Å². The Bertz CT molecular complexity index is 613. The van der Waals surface area contributed by atoms with E-state index >= 15 is 0 Å². The van der Waals surface area contributed by atoms with Crippen LogP contribution in [0, 0.1) is 12.3 Å². The topological polar surface area (TPSA) is 36.4 Å². The average molecular weight is 399 g/mol. The van der Waals surface area contributed by atoms with Crippen molar-refractivity contribution in [3.63, 3.8) is 0 Å². The second-order valence-corrected chi connectivity index (χ2v) is 4.97. The van der Waals surface area contributed by atoms with Crippen molar-refractivity contribution >= 4 is 51.4 Å². The van der Waals surface area contributed by atoms with Crippen LogP contribution in [0.5, 0.6) is 0 Å². The lowest BCUT2D eigenvalue weighted by Crippen LogP contribution is -2.38. The molecule has 0 unspecified atom stereocenters. The summed E-state index contributed by atoms with van der Waals surface area (Å²) >= 11 is 1.79. The number of thiophene rings is 1. The first kappa shape index (κ1) is 16.8. The van der Waals surface area contributed by atoms with Gasteiger partial charge in [-0.3, -0.25) is 4.99 Å². The number of nitrogens with one attached hydrogen (secondary N) is 2. The van der Waals surface area contributed by atoms with Crippen LogP contribution in [0.25, 0.3) is 10.1 Å². The number of terminal acetylenes is 1. The van der Waals surface area contributed by atoms with E-state index < -0.39 is 0 Å². The van der Waals surface area contributed by atoms with Crippen molar-refractivity contribution in [1.29, 1.82) is 0 Å². The normalized spacial score (nSPS) is 10.7. The van der Waals surface area contributed by atoms with Gasteiger partial charge in [0.15, 0.2) is 5.96 Å². The molecule has 2 rings (SSSR count). The Hall–Kier alpha value is -1.26. The fourth-order valence-corrected chi connectivity index (χ4v) is 2.89. The number of halogens is 1. The number of guanidine groups is 1. The molecule has 1 aromatic heterocycles. The molecule has 0 amide bonds. The zero-order chi connectivity index (χ0) is 13.5. The van der Waals surface area contributed by atoms with Gasteiger partial charge in [-0.1, -0.05) is 24.1 Å². The molecule has 106 valence electrons. The Morgan fingerprint density at radius 2 is 2.15 bits per heavy atom. The highest BCUT2D eigenvalue weighted by Crippen LogP contribution is 2.25. The molecule has 0 aliphatic rings. The maximum Gasteiger partial charge on any atom is 0.191 e. The van der Waals surface area contributed by atoms with Crippen molar-refractivity contribution in [2.75, 3.05) is 20.1 Å². The average Bonchev–Trinajstić information content (AvgIpc) is 2.86. The van der Waals surface area contributed by atoms with Crippen LogP contribution < -0.4 is 10.6 Å². The number of fused-ring (bicyclic) bond motifs is 1. The molecule has 3 nitrogen and oxygen atoms in total. The van der Waals surface area contributed by atoms with Gasteiger partial charge in [0.05, 0.1) is 6.54 Å². The zero-order valence-electron chi connectivity index (χ0n) is 11.3. The molecule has 5 heteroatoms. The van der Waals surface area contributed by atoms with Crippen LogP contribution in [-0.2, 0) is 6.42 Å². The highest BCUT2D eigenvalue weighted by atomic mass is 127. The third kappa shape index (κ3) is 4.39. The second-order valence-electron chi connectivity index (χ2n) is 4.06. The monoisotopic (exact) mass is 399 g/mol. The first-order chi connectivity index (χ1) is 9.35.